The molecule has 4 N–H and O–H groups in total. The molecule has 8 heteroatoms. The second-order valence-corrected chi connectivity index (χ2v) is 4.70. The van der Waals surface area contributed by atoms with Crippen molar-refractivity contribution in [3.8, 4) is 0 Å². The van der Waals surface area contributed by atoms with Gasteiger partial charge >= 0.3 is 6.18 Å². The number of nitrogens with two attached hydrogens (primary N) is 1. The molecule has 0 heterocycles. The molecule has 0 radical (unpaired) electrons. The highest BCUT2D eigenvalue weighted by molar-refractivity contribution is 6.00. The standard InChI is InChI=1S/C13H16F3N3O2/c1-7(2)19-11(20)6-18-12(21)9-5-8(13(14,15)16)3-4-10(9)17/h3-5,7H,6,17H2,1-2H3,(H,18,21)(H,19,20). The predicted octanol–water partition coefficient (Wildman–Crippen LogP) is 1.54. The van der Waals surface area contributed by atoms with Crippen molar-refractivity contribution in [1.29, 1.82) is 0 Å². The zero-order chi connectivity index (χ0) is 16.2. The highest BCUT2D eigenvalue weighted by Gasteiger charge is 2.31. The molecule has 2 amide bonds. The molecule has 0 aliphatic heterocycles. The first-order valence-corrected chi connectivity index (χ1v) is 6.15. The van der Waals surface area contributed by atoms with Gasteiger partial charge in [-0.3, -0.25) is 9.59 Å². The van der Waals surface area contributed by atoms with Crippen LogP contribution in [0.2, 0.25) is 0 Å². The summed E-state index contributed by atoms with van der Waals surface area (Å²) in [6, 6.07) is 2.35. The molecular weight excluding hydrogens is 287 g/mol. The first kappa shape index (κ1) is 16.8. The van der Waals surface area contributed by atoms with Gasteiger partial charge in [-0.2, -0.15) is 13.2 Å². The smallest absolute Gasteiger partial charge is 0.398 e. The van der Waals surface area contributed by atoms with Crippen molar-refractivity contribution in [2.24, 2.45) is 0 Å². The number of nitrogen functional groups attached to an aromatic ring is 1. The molecule has 5 nitrogen and oxygen atoms in total. The van der Waals surface area contributed by atoms with Crippen molar-refractivity contribution in [1.82, 2.24) is 10.6 Å². The molecule has 0 saturated heterocycles. The van der Waals surface area contributed by atoms with Crippen LogP contribution in [0.25, 0.3) is 0 Å². The minimum atomic E-state index is -4.57. The quantitative estimate of drug-likeness (QED) is 0.738. The lowest BCUT2D eigenvalue weighted by Gasteiger charge is -2.12. The van der Waals surface area contributed by atoms with E-state index in [1.54, 1.807) is 13.8 Å². The van der Waals surface area contributed by atoms with Crippen LogP contribution in [-0.2, 0) is 11.0 Å². The molecular formula is C13H16F3N3O2. The number of carbonyl (C=O) groups excluding carboxylic acids is 2. The fourth-order valence-electron chi connectivity index (χ4n) is 1.56. The van der Waals surface area contributed by atoms with Gasteiger partial charge in [0.05, 0.1) is 17.7 Å². The van der Waals surface area contributed by atoms with Gasteiger partial charge in [0.15, 0.2) is 0 Å². The molecule has 0 bridgehead atoms. The summed E-state index contributed by atoms with van der Waals surface area (Å²) in [6.45, 7) is 3.14. The van der Waals surface area contributed by atoms with Gasteiger partial charge in [-0.25, -0.2) is 0 Å². The summed E-state index contributed by atoms with van der Waals surface area (Å²) in [6.07, 6.45) is -4.57. The predicted molar refractivity (Wildman–Crippen MR) is 71.5 cm³/mol. The fraction of sp³-hybridized carbons (Fsp3) is 0.385. The summed E-state index contributed by atoms with van der Waals surface area (Å²) in [4.78, 5) is 23.2. The van der Waals surface area contributed by atoms with E-state index in [1.165, 1.54) is 0 Å². The Morgan fingerprint density at radius 1 is 1.29 bits per heavy atom. The summed E-state index contributed by atoms with van der Waals surface area (Å²) >= 11 is 0. The fourth-order valence-corrected chi connectivity index (χ4v) is 1.56. The number of carbonyl (C=O) groups is 2. The summed E-state index contributed by atoms with van der Waals surface area (Å²) in [5.74, 6) is -1.28. The molecule has 0 atom stereocenters. The second kappa shape index (κ2) is 6.47. The molecule has 0 fully saturated rings. The van der Waals surface area contributed by atoms with Crippen LogP contribution in [-0.4, -0.2) is 24.4 Å². The zero-order valence-electron chi connectivity index (χ0n) is 11.5. The van der Waals surface area contributed by atoms with Crippen LogP contribution in [0.3, 0.4) is 0 Å². The summed E-state index contributed by atoms with van der Waals surface area (Å²) in [5.41, 5.74) is 4.10. The van der Waals surface area contributed by atoms with Crippen LogP contribution >= 0.6 is 0 Å². The third-order valence-electron chi connectivity index (χ3n) is 2.48. The summed E-state index contributed by atoms with van der Waals surface area (Å²) in [7, 11) is 0. The summed E-state index contributed by atoms with van der Waals surface area (Å²) < 4.78 is 37.8. The second-order valence-electron chi connectivity index (χ2n) is 4.70. The Labute approximate surface area is 119 Å². The Kier molecular flexibility index (Phi) is 5.17. The van der Waals surface area contributed by atoms with Crippen LogP contribution in [0.1, 0.15) is 29.8 Å². The van der Waals surface area contributed by atoms with Crippen LogP contribution in [0.5, 0.6) is 0 Å². The monoisotopic (exact) mass is 303 g/mol. The lowest BCUT2D eigenvalue weighted by molar-refractivity contribution is -0.137. The molecule has 21 heavy (non-hydrogen) atoms. The number of alkyl halides is 3. The average Bonchev–Trinajstić information content (AvgIpc) is 2.34. The lowest BCUT2D eigenvalue weighted by atomic mass is 10.1. The number of hydrogen-bond acceptors (Lipinski definition) is 3. The Balaban J connectivity index is 2.81. The molecule has 1 aromatic carbocycles. The molecule has 0 aromatic heterocycles. The Bertz CT molecular complexity index is 542. The van der Waals surface area contributed by atoms with Gasteiger partial charge in [-0.15, -0.1) is 0 Å². The number of nitrogens with one attached hydrogen (secondary N) is 2. The van der Waals surface area contributed by atoms with Crippen LogP contribution in [0, 0.1) is 0 Å². The minimum Gasteiger partial charge on any atom is -0.398 e. The van der Waals surface area contributed by atoms with E-state index in [2.05, 4.69) is 10.6 Å². The maximum atomic E-state index is 12.6. The van der Waals surface area contributed by atoms with Crippen molar-refractivity contribution in [2.45, 2.75) is 26.1 Å². The van der Waals surface area contributed by atoms with Crippen molar-refractivity contribution in [2.75, 3.05) is 12.3 Å². The summed E-state index contributed by atoms with van der Waals surface area (Å²) in [5, 5.41) is 4.76. The van der Waals surface area contributed by atoms with Crippen LogP contribution < -0.4 is 16.4 Å². The molecule has 1 aromatic rings. The number of hydrogen-bond donors (Lipinski definition) is 3. The molecule has 0 spiro atoms. The van der Waals surface area contributed by atoms with Gasteiger partial charge in [0, 0.05) is 11.7 Å². The van der Waals surface area contributed by atoms with Crippen molar-refractivity contribution < 1.29 is 22.8 Å². The first-order valence-electron chi connectivity index (χ1n) is 6.15. The lowest BCUT2D eigenvalue weighted by Crippen LogP contribution is -2.40. The van der Waals surface area contributed by atoms with E-state index in [0.29, 0.717) is 6.07 Å². The molecule has 0 unspecified atom stereocenters. The highest BCUT2D eigenvalue weighted by Crippen LogP contribution is 2.31. The number of amides is 2. The van der Waals surface area contributed by atoms with Gasteiger partial charge in [0.2, 0.25) is 5.91 Å². The Morgan fingerprint density at radius 3 is 2.43 bits per heavy atom. The van der Waals surface area contributed by atoms with Gasteiger partial charge in [-0.05, 0) is 32.0 Å². The van der Waals surface area contributed by atoms with E-state index in [0.717, 1.165) is 12.1 Å². The minimum absolute atomic E-state index is 0.0928. The number of anilines is 1. The van der Waals surface area contributed by atoms with Crippen LogP contribution in [0.4, 0.5) is 18.9 Å². The molecule has 0 aliphatic carbocycles. The van der Waals surface area contributed by atoms with Crippen LogP contribution in [0.15, 0.2) is 18.2 Å². The maximum Gasteiger partial charge on any atom is 0.416 e. The Morgan fingerprint density at radius 2 is 1.90 bits per heavy atom. The van der Waals surface area contributed by atoms with Gasteiger partial charge < -0.3 is 16.4 Å². The topological polar surface area (TPSA) is 84.2 Å². The number of rotatable bonds is 4. The largest absolute Gasteiger partial charge is 0.416 e. The van der Waals surface area contributed by atoms with E-state index in [4.69, 9.17) is 5.73 Å². The molecule has 116 valence electrons. The average molecular weight is 303 g/mol. The van der Waals surface area contributed by atoms with Crippen molar-refractivity contribution in [3.63, 3.8) is 0 Å². The SMILES string of the molecule is CC(C)NC(=O)CNC(=O)c1cc(C(F)(F)F)ccc1N. The van der Waals surface area contributed by atoms with E-state index in [-0.39, 0.29) is 23.8 Å². The first-order chi connectivity index (χ1) is 9.61. The zero-order valence-corrected chi connectivity index (χ0v) is 11.5. The number of halogens is 3. The number of benzene rings is 1. The Hall–Kier alpha value is -2.25. The third-order valence-corrected chi connectivity index (χ3v) is 2.48. The van der Waals surface area contributed by atoms with Gasteiger partial charge in [-0.1, -0.05) is 0 Å². The molecule has 1 rings (SSSR count). The highest BCUT2D eigenvalue weighted by atomic mass is 19.4. The van der Waals surface area contributed by atoms with E-state index >= 15 is 0 Å². The van der Waals surface area contributed by atoms with Gasteiger partial charge in [0.1, 0.15) is 0 Å². The molecule has 0 aliphatic rings. The van der Waals surface area contributed by atoms with E-state index in [1.807, 2.05) is 0 Å². The van der Waals surface area contributed by atoms with Crippen molar-refractivity contribution >= 4 is 17.5 Å². The molecule has 0 saturated carbocycles. The van der Waals surface area contributed by atoms with E-state index < -0.39 is 23.6 Å². The van der Waals surface area contributed by atoms with Crippen molar-refractivity contribution in [3.05, 3.63) is 29.3 Å². The van der Waals surface area contributed by atoms with E-state index in [9.17, 15) is 22.8 Å². The van der Waals surface area contributed by atoms with Gasteiger partial charge in [0.25, 0.3) is 5.91 Å². The normalized spacial score (nSPS) is 11.3. The third kappa shape index (κ3) is 4.97. The maximum absolute atomic E-state index is 12.6.